The highest BCUT2D eigenvalue weighted by atomic mass is 19.1. The Kier molecular flexibility index (Phi) is 7.23. The summed E-state index contributed by atoms with van der Waals surface area (Å²) in [5.74, 6) is -1.57. The van der Waals surface area contributed by atoms with Crippen LogP contribution in [0.3, 0.4) is 0 Å². The highest BCUT2D eigenvalue weighted by Gasteiger charge is 2.43. The molecule has 0 aliphatic carbocycles. The number of alkyl halides is 1. The Morgan fingerprint density at radius 3 is 2.67 bits per heavy atom. The summed E-state index contributed by atoms with van der Waals surface area (Å²) < 4.78 is 51.5. The molecule has 11 nitrogen and oxygen atoms in total. The molecular weight excluding hydrogens is 527 g/mol. The average molecular weight is 562 g/mol. The van der Waals surface area contributed by atoms with Crippen LogP contribution >= 0.6 is 0 Å². The van der Waals surface area contributed by atoms with Crippen molar-refractivity contribution in [3.8, 4) is 11.4 Å². The van der Waals surface area contributed by atoms with Crippen LogP contribution in [-0.4, -0.2) is 71.1 Å². The quantitative estimate of drug-likeness (QED) is 0.425. The molecule has 2 aromatic heterocycles. The minimum Gasteiger partial charge on any atom is -0.488 e. The summed E-state index contributed by atoms with van der Waals surface area (Å²) in [6.07, 6.45) is 4.97. The van der Waals surface area contributed by atoms with E-state index in [-0.39, 0.29) is 40.5 Å². The van der Waals surface area contributed by atoms with Crippen molar-refractivity contribution in [2.24, 2.45) is 7.05 Å². The van der Waals surface area contributed by atoms with Crippen molar-refractivity contribution in [1.29, 1.82) is 0 Å². The zero-order valence-corrected chi connectivity index (χ0v) is 23.2. The van der Waals surface area contributed by atoms with Crippen LogP contribution < -0.4 is 21.1 Å². The lowest BCUT2D eigenvalue weighted by Gasteiger charge is -2.47. The molecule has 0 bridgehead atoms. The molecule has 2 N–H and O–H groups in total. The second kappa shape index (κ2) is 10.4. The number of benzene rings is 1. The number of aryl methyl sites for hydroxylation is 1. The lowest BCUT2D eigenvalue weighted by Crippen LogP contribution is -2.55. The number of hydrogen-bond donors (Lipinski definition) is 2. The van der Waals surface area contributed by atoms with Crippen molar-refractivity contribution < 1.29 is 17.9 Å². The lowest BCUT2D eigenvalue weighted by molar-refractivity contribution is 0.0500. The molecule has 5 rings (SSSR count). The van der Waals surface area contributed by atoms with Crippen LogP contribution in [0.5, 0.6) is 5.75 Å². The number of tetrazole rings is 1. The molecule has 0 radical (unpaired) electrons. The largest absolute Gasteiger partial charge is 0.488 e. The van der Waals surface area contributed by atoms with Gasteiger partial charge in [-0.3, -0.25) is 4.90 Å². The maximum atomic E-state index is 15.2. The Bertz CT molecular complexity index is 1450. The molecule has 2 atom stereocenters. The maximum Gasteiger partial charge on any atom is 0.368 e. The second-order valence-corrected chi connectivity index (χ2v) is 11.7. The predicted molar refractivity (Wildman–Crippen MR) is 143 cm³/mol. The molecule has 1 aromatic carbocycles. The van der Waals surface area contributed by atoms with E-state index in [0.717, 1.165) is 53.9 Å². The van der Waals surface area contributed by atoms with Gasteiger partial charge in [-0.2, -0.15) is 14.3 Å². The van der Waals surface area contributed by atoms with Gasteiger partial charge >= 0.3 is 5.69 Å². The summed E-state index contributed by atoms with van der Waals surface area (Å²) in [6, 6.07) is 2.70. The Labute approximate surface area is 229 Å². The standard InChI is InChI=1S/C26H34F3N9O2/c1-25(2,29)14-40-21-10-17(27)19(11-20(21)38-24(39)36(5)34-35-38)32-23-30-13-18(28)22(33-23)31-15-9-16-7-6-8-37(16)26(3,4)12-15/h10-11,13,15-16H,6-9,12,14H2,1-5H3,(H2,30,31,32,33)/t15-,16+/m1/s1. The van der Waals surface area contributed by atoms with E-state index >= 15 is 4.39 Å². The molecule has 2 saturated heterocycles. The number of aromatic nitrogens is 6. The van der Waals surface area contributed by atoms with Crippen LogP contribution in [0.1, 0.15) is 53.4 Å². The summed E-state index contributed by atoms with van der Waals surface area (Å²) in [5, 5.41) is 13.5. The third-order valence-electron chi connectivity index (χ3n) is 7.36. The number of ether oxygens (including phenoxy) is 1. The highest BCUT2D eigenvalue weighted by molar-refractivity contribution is 5.63. The molecule has 2 aliphatic heterocycles. The van der Waals surface area contributed by atoms with Crippen LogP contribution in [0.4, 0.5) is 30.6 Å². The van der Waals surface area contributed by atoms with E-state index in [1.165, 1.54) is 27.0 Å². The number of halogens is 3. The number of nitrogens with one attached hydrogen (secondary N) is 2. The molecule has 2 fully saturated rings. The molecule has 4 heterocycles. The Balaban J connectivity index is 1.42. The fourth-order valence-electron chi connectivity index (χ4n) is 5.60. The normalized spacial score (nSPS) is 20.8. The van der Waals surface area contributed by atoms with Crippen molar-refractivity contribution in [2.45, 2.75) is 76.7 Å². The summed E-state index contributed by atoms with van der Waals surface area (Å²) in [6.45, 7) is 7.70. The van der Waals surface area contributed by atoms with Gasteiger partial charge in [0.25, 0.3) is 0 Å². The minimum atomic E-state index is -1.72. The van der Waals surface area contributed by atoms with E-state index in [9.17, 15) is 13.6 Å². The zero-order chi connectivity index (χ0) is 28.8. The summed E-state index contributed by atoms with van der Waals surface area (Å²) >= 11 is 0. The zero-order valence-electron chi connectivity index (χ0n) is 23.2. The fraction of sp³-hybridized carbons (Fsp3) is 0.577. The number of anilines is 3. The van der Waals surface area contributed by atoms with Crippen LogP contribution in [0.2, 0.25) is 0 Å². The SMILES string of the molecule is Cn1nnn(-c2cc(Nc3ncc(F)c(N[C@@H]4C[C@@H]5CCCN5C(C)(C)C4)n3)c(F)cc2OCC(C)(C)F)c1=O. The van der Waals surface area contributed by atoms with Crippen molar-refractivity contribution in [3.63, 3.8) is 0 Å². The van der Waals surface area contributed by atoms with E-state index < -0.39 is 29.6 Å². The van der Waals surface area contributed by atoms with Gasteiger partial charge in [-0.1, -0.05) is 0 Å². The summed E-state index contributed by atoms with van der Waals surface area (Å²) in [5.41, 5.74) is -2.47. The van der Waals surface area contributed by atoms with Gasteiger partial charge in [-0.15, -0.1) is 0 Å². The monoisotopic (exact) mass is 561 g/mol. The summed E-state index contributed by atoms with van der Waals surface area (Å²) in [7, 11) is 1.40. The third kappa shape index (κ3) is 5.76. The molecule has 0 unspecified atom stereocenters. The third-order valence-corrected chi connectivity index (χ3v) is 7.36. The van der Waals surface area contributed by atoms with E-state index in [2.05, 4.69) is 49.8 Å². The number of hydrogen-bond acceptors (Lipinski definition) is 9. The van der Waals surface area contributed by atoms with Gasteiger partial charge in [0.1, 0.15) is 23.7 Å². The molecule has 14 heteroatoms. The van der Waals surface area contributed by atoms with Crippen molar-refractivity contribution in [2.75, 3.05) is 23.8 Å². The van der Waals surface area contributed by atoms with E-state index in [0.29, 0.717) is 6.04 Å². The Hall–Kier alpha value is -3.68. The minimum absolute atomic E-state index is 0.00894. The maximum absolute atomic E-state index is 15.2. The Morgan fingerprint density at radius 1 is 1.20 bits per heavy atom. The lowest BCUT2D eigenvalue weighted by atomic mass is 9.84. The number of fused-ring (bicyclic) bond motifs is 1. The number of nitrogens with zero attached hydrogens (tertiary/aromatic N) is 7. The first-order valence-corrected chi connectivity index (χ1v) is 13.3. The van der Waals surface area contributed by atoms with Crippen molar-refractivity contribution in [3.05, 3.63) is 40.4 Å². The first-order valence-electron chi connectivity index (χ1n) is 13.3. The van der Waals surface area contributed by atoms with Gasteiger partial charge in [-0.05, 0) is 76.4 Å². The topological polar surface area (TPSA) is 115 Å². The molecule has 0 spiro atoms. The molecule has 40 heavy (non-hydrogen) atoms. The van der Waals surface area contributed by atoms with E-state index in [4.69, 9.17) is 4.74 Å². The second-order valence-electron chi connectivity index (χ2n) is 11.7. The smallest absolute Gasteiger partial charge is 0.368 e. The molecule has 2 aliphatic rings. The van der Waals surface area contributed by atoms with Crippen LogP contribution in [0.15, 0.2) is 23.1 Å². The first kappa shape index (κ1) is 27.9. The van der Waals surface area contributed by atoms with Gasteiger partial charge in [0.05, 0.1) is 11.9 Å². The Morgan fingerprint density at radius 2 is 1.98 bits per heavy atom. The molecule has 3 aromatic rings. The highest BCUT2D eigenvalue weighted by Crippen LogP contribution is 2.39. The fourth-order valence-corrected chi connectivity index (χ4v) is 5.60. The van der Waals surface area contributed by atoms with Gasteiger partial charge < -0.3 is 15.4 Å². The van der Waals surface area contributed by atoms with Gasteiger partial charge in [0, 0.05) is 30.7 Å². The van der Waals surface area contributed by atoms with Crippen molar-refractivity contribution in [1.82, 2.24) is 34.7 Å². The van der Waals surface area contributed by atoms with Gasteiger partial charge in [-0.25, -0.2) is 22.9 Å². The summed E-state index contributed by atoms with van der Waals surface area (Å²) in [4.78, 5) is 23.3. The number of piperidine rings is 1. The predicted octanol–water partition coefficient (Wildman–Crippen LogP) is 3.72. The van der Waals surface area contributed by atoms with E-state index in [1.807, 2.05) is 0 Å². The van der Waals surface area contributed by atoms with E-state index in [1.54, 1.807) is 0 Å². The number of rotatable bonds is 8. The van der Waals surface area contributed by atoms with Gasteiger partial charge in [0.2, 0.25) is 5.95 Å². The molecular formula is C26H34F3N9O2. The molecule has 0 amide bonds. The molecule has 0 saturated carbocycles. The van der Waals surface area contributed by atoms with Crippen LogP contribution in [0.25, 0.3) is 5.69 Å². The van der Waals surface area contributed by atoms with Crippen LogP contribution in [0, 0.1) is 11.6 Å². The van der Waals surface area contributed by atoms with Gasteiger partial charge in [0.15, 0.2) is 17.5 Å². The molecule has 216 valence electrons. The first-order chi connectivity index (χ1) is 18.8. The van der Waals surface area contributed by atoms with Crippen molar-refractivity contribution >= 4 is 17.5 Å². The van der Waals surface area contributed by atoms with Crippen LogP contribution in [-0.2, 0) is 7.05 Å². The average Bonchev–Trinajstić information content (AvgIpc) is 3.48.